The fraction of sp³-hybridized carbons (Fsp3) is 0.346. The highest BCUT2D eigenvalue weighted by atomic mass is 16.5. The molecule has 0 bridgehead atoms. The van der Waals surface area contributed by atoms with Crippen LogP contribution in [0.4, 0.5) is 11.4 Å². The van der Waals surface area contributed by atoms with Crippen molar-refractivity contribution in [1.29, 1.82) is 0 Å². The minimum atomic E-state index is -0.510. The van der Waals surface area contributed by atoms with E-state index in [-0.39, 0.29) is 12.5 Å². The van der Waals surface area contributed by atoms with Crippen molar-refractivity contribution in [2.45, 2.75) is 19.8 Å². The number of aryl methyl sites for hydroxylation is 1. The van der Waals surface area contributed by atoms with Gasteiger partial charge >= 0.3 is 11.6 Å². The molecule has 0 N–H and O–H groups in total. The molecule has 0 unspecified atom stereocenters. The maximum atomic E-state index is 13.3. The van der Waals surface area contributed by atoms with Gasteiger partial charge in [0, 0.05) is 50.7 Å². The van der Waals surface area contributed by atoms with E-state index in [9.17, 15) is 14.4 Å². The van der Waals surface area contributed by atoms with E-state index in [4.69, 9.17) is 9.15 Å². The van der Waals surface area contributed by atoms with Crippen LogP contribution >= 0.6 is 0 Å². The molecule has 2 aliphatic rings. The Hall–Kier alpha value is -3.65. The maximum absolute atomic E-state index is 13.3. The van der Waals surface area contributed by atoms with Gasteiger partial charge in [-0.15, -0.1) is 0 Å². The second-order valence-corrected chi connectivity index (χ2v) is 8.72. The molecule has 8 heteroatoms. The predicted octanol–water partition coefficient (Wildman–Crippen LogP) is 2.82. The first-order valence-electron chi connectivity index (χ1n) is 11.6. The number of ether oxygens (including phenoxy) is 1. The lowest BCUT2D eigenvalue weighted by molar-refractivity contribution is -0.131. The average molecular weight is 462 g/mol. The summed E-state index contributed by atoms with van der Waals surface area (Å²) in [6.07, 6.45) is 1.40. The number of benzene rings is 2. The lowest BCUT2D eigenvalue weighted by atomic mass is 9.98. The Morgan fingerprint density at radius 2 is 1.76 bits per heavy atom. The Morgan fingerprint density at radius 3 is 2.50 bits per heavy atom. The van der Waals surface area contributed by atoms with Crippen molar-refractivity contribution in [2.24, 2.45) is 0 Å². The van der Waals surface area contributed by atoms with Gasteiger partial charge in [-0.25, -0.2) is 4.79 Å². The third-order valence-corrected chi connectivity index (χ3v) is 6.45. The molecule has 176 valence electrons. The number of para-hydroxylation sites is 1. The van der Waals surface area contributed by atoms with Crippen LogP contribution in [-0.2, 0) is 16.0 Å². The summed E-state index contributed by atoms with van der Waals surface area (Å²) < 4.78 is 10.8. The summed E-state index contributed by atoms with van der Waals surface area (Å²) in [6, 6.07) is 15.2. The number of carbonyl (C=O) groups excluding carboxylic acids is 2. The van der Waals surface area contributed by atoms with Crippen molar-refractivity contribution in [3.8, 4) is 5.75 Å². The molecule has 0 radical (unpaired) electrons. The van der Waals surface area contributed by atoms with Crippen LogP contribution in [0.3, 0.4) is 0 Å². The minimum absolute atomic E-state index is 0.100. The molecule has 34 heavy (non-hydrogen) atoms. The lowest BCUT2D eigenvalue weighted by Gasteiger charge is -2.37. The maximum Gasteiger partial charge on any atom is 0.360 e. The summed E-state index contributed by atoms with van der Waals surface area (Å²) in [4.78, 5) is 43.6. The molecule has 8 nitrogen and oxygen atoms in total. The summed E-state index contributed by atoms with van der Waals surface area (Å²) in [7, 11) is 0. The number of esters is 1. The van der Waals surface area contributed by atoms with Gasteiger partial charge in [-0.2, -0.15) is 0 Å². The van der Waals surface area contributed by atoms with Crippen molar-refractivity contribution < 1.29 is 18.7 Å². The van der Waals surface area contributed by atoms with Gasteiger partial charge < -0.3 is 19.0 Å². The van der Waals surface area contributed by atoms with E-state index >= 15 is 0 Å². The number of carbonyl (C=O) groups is 2. The minimum Gasteiger partial charge on any atom is -0.427 e. The lowest BCUT2D eigenvalue weighted by Crippen LogP contribution is -2.51. The topological polar surface area (TPSA) is 83.3 Å². The Balaban J connectivity index is 1.34. The predicted molar refractivity (Wildman–Crippen MR) is 130 cm³/mol. The monoisotopic (exact) mass is 461 g/mol. The van der Waals surface area contributed by atoms with E-state index in [2.05, 4.69) is 21.9 Å². The van der Waals surface area contributed by atoms with Gasteiger partial charge in [0.25, 0.3) is 0 Å². The summed E-state index contributed by atoms with van der Waals surface area (Å²) in [5.41, 5.74) is 2.19. The van der Waals surface area contributed by atoms with Crippen LogP contribution in [0.2, 0.25) is 0 Å². The highest BCUT2D eigenvalue weighted by Gasteiger charge is 2.30. The molecule has 5 rings (SSSR count). The molecule has 3 aromatic rings. The van der Waals surface area contributed by atoms with Crippen LogP contribution in [-0.4, -0.2) is 56.0 Å². The summed E-state index contributed by atoms with van der Waals surface area (Å²) in [5, 5.41) is 0.697. The number of nitrogens with zero attached hydrogens (tertiary/aromatic N) is 3. The molecule has 1 fully saturated rings. The number of fused-ring (bicyclic) bond motifs is 3. The van der Waals surface area contributed by atoms with Gasteiger partial charge in [0.1, 0.15) is 17.0 Å². The number of hydrogen-bond acceptors (Lipinski definition) is 7. The van der Waals surface area contributed by atoms with Crippen molar-refractivity contribution in [2.75, 3.05) is 49.1 Å². The largest absolute Gasteiger partial charge is 0.427 e. The highest BCUT2D eigenvalue weighted by Crippen LogP contribution is 2.33. The second-order valence-electron chi connectivity index (χ2n) is 8.72. The number of amides is 1. The van der Waals surface area contributed by atoms with Crippen molar-refractivity contribution in [1.82, 2.24) is 4.90 Å². The van der Waals surface area contributed by atoms with Gasteiger partial charge in [0.15, 0.2) is 0 Å². The number of hydrogen-bond donors (Lipinski definition) is 0. The summed E-state index contributed by atoms with van der Waals surface area (Å²) in [5.74, 6) is -0.137. The number of rotatable bonds is 4. The van der Waals surface area contributed by atoms with E-state index in [1.807, 2.05) is 18.2 Å². The normalized spacial score (nSPS) is 16.4. The average Bonchev–Trinajstić information content (AvgIpc) is 2.85. The Kier molecular flexibility index (Phi) is 6.06. The summed E-state index contributed by atoms with van der Waals surface area (Å²) >= 11 is 0. The molecular weight excluding hydrogens is 434 g/mol. The zero-order valence-electron chi connectivity index (χ0n) is 19.2. The SMILES string of the molecule is CC(=O)Oc1ccc2oc(=O)c3c(c2c1)CCCN3C(=O)CN1CCN(c2ccccc2)CC1. The van der Waals surface area contributed by atoms with E-state index in [0.717, 1.165) is 38.2 Å². The number of anilines is 2. The first kappa shape index (κ1) is 22.2. The molecule has 2 aliphatic heterocycles. The molecule has 0 atom stereocenters. The molecule has 0 aliphatic carbocycles. The number of piperazine rings is 1. The van der Waals surface area contributed by atoms with E-state index in [1.54, 1.807) is 23.1 Å². The van der Waals surface area contributed by atoms with Crippen molar-refractivity contribution in [3.63, 3.8) is 0 Å². The Labute approximate surface area is 197 Å². The van der Waals surface area contributed by atoms with Gasteiger partial charge in [0.2, 0.25) is 5.91 Å². The standard InChI is InChI=1S/C26H27N3O5/c1-18(30)33-20-9-10-23-22(16-20)21-8-5-11-29(25(21)26(32)34-23)24(31)17-27-12-14-28(15-13-27)19-6-3-2-4-7-19/h2-4,6-7,9-10,16H,5,8,11-15,17H2,1H3. The van der Waals surface area contributed by atoms with Crippen LogP contribution < -0.4 is 20.2 Å². The molecule has 1 amide bonds. The zero-order chi connectivity index (χ0) is 23.7. The molecule has 3 heterocycles. The Bertz CT molecular complexity index is 1280. The van der Waals surface area contributed by atoms with Crippen LogP contribution in [0.5, 0.6) is 5.75 Å². The van der Waals surface area contributed by atoms with E-state index < -0.39 is 11.6 Å². The molecule has 1 aromatic heterocycles. The third-order valence-electron chi connectivity index (χ3n) is 6.45. The van der Waals surface area contributed by atoms with Gasteiger partial charge in [0.05, 0.1) is 6.54 Å². The van der Waals surface area contributed by atoms with Crippen LogP contribution in [0.15, 0.2) is 57.7 Å². The Morgan fingerprint density at radius 1 is 1.00 bits per heavy atom. The third kappa shape index (κ3) is 4.41. The van der Waals surface area contributed by atoms with Crippen molar-refractivity contribution in [3.05, 3.63) is 64.5 Å². The van der Waals surface area contributed by atoms with Gasteiger partial charge in [-0.3, -0.25) is 14.5 Å². The second kappa shape index (κ2) is 9.30. The van der Waals surface area contributed by atoms with E-state index in [1.165, 1.54) is 12.6 Å². The van der Waals surface area contributed by atoms with Gasteiger partial charge in [-0.05, 0) is 48.7 Å². The summed E-state index contributed by atoms with van der Waals surface area (Å²) in [6.45, 7) is 5.32. The smallest absolute Gasteiger partial charge is 0.360 e. The van der Waals surface area contributed by atoms with Crippen LogP contribution in [0.1, 0.15) is 18.9 Å². The first-order valence-corrected chi connectivity index (χ1v) is 11.6. The van der Waals surface area contributed by atoms with Gasteiger partial charge in [-0.1, -0.05) is 18.2 Å². The molecule has 2 aromatic carbocycles. The van der Waals surface area contributed by atoms with Crippen LogP contribution in [0.25, 0.3) is 11.0 Å². The fourth-order valence-corrected chi connectivity index (χ4v) is 4.84. The molecule has 0 spiro atoms. The highest BCUT2D eigenvalue weighted by molar-refractivity contribution is 5.99. The first-order chi connectivity index (χ1) is 16.5. The fourth-order valence-electron chi connectivity index (χ4n) is 4.84. The zero-order valence-corrected chi connectivity index (χ0v) is 19.2. The quantitative estimate of drug-likeness (QED) is 0.336. The van der Waals surface area contributed by atoms with E-state index in [0.29, 0.717) is 35.4 Å². The molecule has 0 saturated carbocycles. The molecular formula is C26H27N3O5. The van der Waals surface area contributed by atoms with Crippen LogP contribution in [0, 0.1) is 0 Å². The molecule has 1 saturated heterocycles. The van der Waals surface area contributed by atoms with Crippen molar-refractivity contribution >= 4 is 34.2 Å².